The third-order valence-corrected chi connectivity index (χ3v) is 0.604. The Labute approximate surface area is 46.9 Å². The number of rotatable bonds is 0. The Hall–Kier alpha value is 0.110. The van der Waals surface area contributed by atoms with Crippen LogP contribution < -0.4 is 5.73 Å². The minimum absolute atomic E-state index is 0. The minimum atomic E-state index is -0.329. The van der Waals surface area contributed by atoms with E-state index >= 15 is 0 Å². The summed E-state index contributed by atoms with van der Waals surface area (Å²) in [5, 5.41) is -0.329. The van der Waals surface area contributed by atoms with Crippen LogP contribution in [-0.4, -0.2) is 11.5 Å². The smallest absolute Gasteiger partial charge is 0.276 e. The normalized spacial score (nSPS) is 6.17. The molecule has 0 heterocycles. The number of hydrogen-bond acceptors (Lipinski definition) is 2. The van der Waals surface area contributed by atoms with Crippen LogP contribution in [0.5, 0.6) is 0 Å². The Morgan fingerprint density at radius 2 is 2.00 bits per heavy atom. The first-order valence-electron chi connectivity index (χ1n) is 1.11. The van der Waals surface area contributed by atoms with E-state index < -0.39 is 0 Å². The van der Waals surface area contributed by atoms with Gasteiger partial charge in [0.1, 0.15) is 0 Å². The monoisotopic (exact) mass is 127 g/mol. The van der Waals surface area contributed by atoms with Crippen molar-refractivity contribution in [2.24, 2.45) is 5.73 Å². The zero-order valence-electron chi connectivity index (χ0n) is 3.30. The summed E-state index contributed by atoms with van der Waals surface area (Å²) < 4.78 is 0. The van der Waals surface area contributed by atoms with Crippen molar-refractivity contribution in [3.63, 3.8) is 0 Å². The number of thioether (sulfide) groups is 1. The third-order valence-electron chi connectivity index (χ3n) is 0.201. The van der Waals surface area contributed by atoms with Gasteiger partial charge in [0.15, 0.2) is 0 Å². The summed E-state index contributed by atoms with van der Waals surface area (Å²) in [6, 6.07) is 0. The van der Waals surface area contributed by atoms with E-state index in [-0.39, 0.29) is 17.6 Å². The van der Waals surface area contributed by atoms with Crippen LogP contribution in [0.1, 0.15) is 0 Å². The second kappa shape index (κ2) is 5.11. The predicted octanol–water partition coefficient (Wildman–Crippen LogP) is 0.850. The Morgan fingerprint density at radius 1 is 1.83 bits per heavy atom. The molecule has 0 rings (SSSR count). The van der Waals surface area contributed by atoms with E-state index in [2.05, 4.69) is 5.73 Å². The molecule has 0 unspecified atom stereocenters. The molecule has 0 aromatic heterocycles. The van der Waals surface area contributed by atoms with E-state index in [9.17, 15) is 4.79 Å². The fourth-order valence-electron chi connectivity index (χ4n) is 0. The lowest BCUT2D eigenvalue weighted by Crippen LogP contribution is -1.99. The van der Waals surface area contributed by atoms with E-state index in [0.717, 1.165) is 11.8 Å². The van der Waals surface area contributed by atoms with Crippen molar-refractivity contribution in [2.75, 3.05) is 6.26 Å². The van der Waals surface area contributed by atoms with Gasteiger partial charge in [-0.15, -0.1) is 12.4 Å². The quantitative estimate of drug-likeness (QED) is 0.524. The summed E-state index contributed by atoms with van der Waals surface area (Å²) in [5.41, 5.74) is 4.62. The molecule has 0 fully saturated rings. The highest BCUT2D eigenvalue weighted by Crippen LogP contribution is 1.85. The molecule has 38 valence electrons. The average Bonchev–Trinajstić information content (AvgIpc) is 1.38. The molecule has 0 aliphatic carbocycles. The van der Waals surface area contributed by atoms with E-state index in [1.807, 2.05) is 0 Å². The fourth-order valence-corrected chi connectivity index (χ4v) is 0. The molecule has 1 amide bonds. The van der Waals surface area contributed by atoms with Gasteiger partial charge in [0.05, 0.1) is 0 Å². The topological polar surface area (TPSA) is 43.1 Å². The standard InChI is InChI=1S/C2H5NOS.ClH/c1-5-2(3)4;/h1H3,(H2,3,4);1H. The van der Waals surface area contributed by atoms with Gasteiger partial charge in [-0.25, -0.2) is 0 Å². The number of carbonyl (C=O) groups is 1. The van der Waals surface area contributed by atoms with Gasteiger partial charge in [-0.05, 0) is 6.26 Å². The summed E-state index contributed by atoms with van der Waals surface area (Å²) in [5.74, 6) is 0. The molecule has 0 aliphatic rings. The van der Waals surface area contributed by atoms with Crippen LogP contribution in [0.3, 0.4) is 0 Å². The summed E-state index contributed by atoms with van der Waals surface area (Å²) in [6.45, 7) is 0. The number of primary amides is 1. The van der Waals surface area contributed by atoms with Crippen LogP contribution in [0.15, 0.2) is 0 Å². The number of halogens is 1. The third kappa shape index (κ3) is 8.93. The van der Waals surface area contributed by atoms with Crippen molar-refractivity contribution in [1.29, 1.82) is 0 Å². The van der Waals surface area contributed by atoms with Crippen molar-refractivity contribution in [1.82, 2.24) is 0 Å². The molecule has 0 radical (unpaired) electrons. The van der Waals surface area contributed by atoms with Gasteiger partial charge < -0.3 is 5.73 Å². The zero-order chi connectivity index (χ0) is 4.28. The molecule has 0 bridgehead atoms. The van der Waals surface area contributed by atoms with Gasteiger partial charge in [-0.2, -0.15) is 0 Å². The molecule has 0 aromatic carbocycles. The van der Waals surface area contributed by atoms with Gasteiger partial charge in [0.2, 0.25) is 0 Å². The molecule has 0 atom stereocenters. The first kappa shape index (κ1) is 9.44. The Bertz CT molecular complexity index is 48.8. The predicted molar refractivity (Wildman–Crippen MR) is 30.3 cm³/mol. The Kier molecular flexibility index (Phi) is 8.04. The fraction of sp³-hybridized carbons (Fsp3) is 0.500. The first-order valence-corrected chi connectivity index (χ1v) is 2.33. The van der Waals surface area contributed by atoms with Crippen LogP contribution in [0.2, 0.25) is 0 Å². The SMILES string of the molecule is CSC(N)=O.Cl. The zero-order valence-corrected chi connectivity index (χ0v) is 4.94. The number of amides is 1. The molecule has 0 aromatic rings. The molecule has 0 aliphatic heterocycles. The molecular formula is C2H6ClNOS. The molecule has 0 saturated carbocycles. The lowest BCUT2D eigenvalue weighted by molar-refractivity contribution is 0.267. The van der Waals surface area contributed by atoms with Gasteiger partial charge in [0.25, 0.3) is 5.24 Å². The number of carbonyl (C=O) groups excluding carboxylic acids is 1. The molecule has 0 saturated heterocycles. The lowest BCUT2D eigenvalue weighted by atomic mass is 11.5. The minimum Gasteiger partial charge on any atom is -0.361 e. The molecule has 4 heteroatoms. The molecular weight excluding hydrogens is 122 g/mol. The second-order valence-corrected chi connectivity index (χ2v) is 1.33. The summed E-state index contributed by atoms with van der Waals surface area (Å²) in [6.07, 6.45) is 1.64. The maximum atomic E-state index is 9.55. The van der Waals surface area contributed by atoms with Crippen LogP contribution in [0.25, 0.3) is 0 Å². The number of nitrogens with two attached hydrogens (primary N) is 1. The maximum Gasteiger partial charge on any atom is 0.276 e. The highest BCUT2D eigenvalue weighted by Gasteiger charge is 1.77. The van der Waals surface area contributed by atoms with Crippen LogP contribution in [0, 0.1) is 0 Å². The van der Waals surface area contributed by atoms with Crippen LogP contribution >= 0.6 is 24.2 Å². The van der Waals surface area contributed by atoms with E-state index in [1.165, 1.54) is 0 Å². The van der Waals surface area contributed by atoms with E-state index in [4.69, 9.17) is 0 Å². The molecule has 6 heavy (non-hydrogen) atoms. The first-order chi connectivity index (χ1) is 2.27. The Balaban J connectivity index is 0. The van der Waals surface area contributed by atoms with Gasteiger partial charge in [-0.3, -0.25) is 4.79 Å². The molecule has 2 nitrogen and oxygen atoms in total. The van der Waals surface area contributed by atoms with Gasteiger partial charge in [0, 0.05) is 0 Å². The van der Waals surface area contributed by atoms with Crippen molar-refractivity contribution < 1.29 is 4.79 Å². The molecule has 2 N–H and O–H groups in total. The summed E-state index contributed by atoms with van der Waals surface area (Å²) >= 11 is 1.02. The van der Waals surface area contributed by atoms with Crippen LogP contribution in [-0.2, 0) is 0 Å². The average molecular weight is 128 g/mol. The van der Waals surface area contributed by atoms with Crippen molar-refractivity contribution in [3.05, 3.63) is 0 Å². The molecule has 0 spiro atoms. The maximum absolute atomic E-state index is 9.55. The van der Waals surface area contributed by atoms with Crippen molar-refractivity contribution in [2.45, 2.75) is 0 Å². The highest BCUT2D eigenvalue weighted by atomic mass is 35.5. The largest absolute Gasteiger partial charge is 0.361 e. The van der Waals surface area contributed by atoms with E-state index in [0.29, 0.717) is 0 Å². The highest BCUT2D eigenvalue weighted by molar-refractivity contribution is 8.12. The van der Waals surface area contributed by atoms with E-state index in [1.54, 1.807) is 6.26 Å². The summed E-state index contributed by atoms with van der Waals surface area (Å²) in [7, 11) is 0. The second-order valence-electron chi connectivity index (χ2n) is 0.523. The van der Waals surface area contributed by atoms with Gasteiger partial charge >= 0.3 is 0 Å². The van der Waals surface area contributed by atoms with Crippen molar-refractivity contribution in [3.8, 4) is 0 Å². The Morgan fingerprint density at radius 3 is 2.00 bits per heavy atom. The van der Waals surface area contributed by atoms with Gasteiger partial charge in [-0.1, -0.05) is 11.8 Å². The lowest BCUT2D eigenvalue weighted by Gasteiger charge is -1.73. The number of hydrogen-bond donors (Lipinski definition) is 1. The van der Waals surface area contributed by atoms with Crippen LogP contribution in [0.4, 0.5) is 4.79 Å². The van der Waals surface area contributed by atoms with Crippen molar-refractivity contribution >= 4 is 29.4 Å². The summed E-state index contributed by atoms with van der Waals surface area (Å²) in [4.78, 5) is 9.55.